The van der Waals surface area contributed by atoms with Crippen LogP contribution in [0.2, 0.25) is 0 Å². The van der Waals surface area contributed by atoms with Gasteiger partial charge in [-0.15, -0.1) is 0 Å². The third kappa shape index (κ3) is 4.05. The van der Waals surface area contributed by atoms with Crippen molar-refractivity contribution in [3.63, 3.8) is 0 Å². The molecule has 25 heavy (non-hydrogen) atoms. The number of ether oxygens (including phenoxy) is 1. The minimum atomic E-state index is -0.588. The van der Waals surface area contributed by atoms with Crippen LogP contribution in [0.15, 0.2) is 42.5 Å². The van der Waals surface area contributed by atoms with Gasteiger partial charge in [-0.3, -0.25) is 9.59 Å². The maximum absolute atomic E-state index is 13.1. The molecule has 0 spiro atoms. The molecule has 0 fully saturated rings. The summed E-state index contributed by atoms with van der Waals surface area (Å²) in [5.74, 6) is -1.31. The van der Waals surface area contributed by atoms with Gasteiger partial charge in [-0.05, 0) is 47.9 Å². The zero-order valence-corrected chi connectivity index (χ0v) is 14.6. The van der Waals surface area contributed by atoms with Gasteiger partial charge < -0.3 is 10.5 Å². The van der Waals surface area contributed by atoms with Gasteiger partial charge in [0, 0.05) is 11.1 Å². The number of rotatable bonds is 7. The molecule has 1 amide bonds. The predicted molar refractivity (Wildman–Crippen MR) is 94.2 cm³/mol. The molecule has 2 N–H and O–H groups in total. The Labute approximate surface area is 146 Å². The fourth-order valence-corrected chi connectivity index (χ4v) is 2.86. The van der Waals surface area contributed by atoms with Gasteiger partial charge in [-0.1, -0.05) is 26.3 Å². The molecule has 0 aliphatic rings. The van der Waals surface area contributed by atoms with Gasteiger partial charge in [0.05, 0.1) is 13.0 Å². The van der Waals surface area contributed by atoms with Crippen LogP contribution in [0.3, 0.4) is 0 Å². The van der Waals surface area contributed by atoms with E-state index in [-0.39, 0.29) is 11.7 Å². The van der Waals surface area contributed by atoms with Crippen LogP contribution in [0.5, 0.6) is 5.75 Å². The molecule has 0 bridgehead atoms. The first-order chi connectivity index (χ1) is 11.9. The summed E-state index contributed by atoms with van der Waals surface area (Å²) < 4.78 is 18.4. The van der Waals surface area contributed by atoms with Crippen LogP contribution in [-0.2, 0) is 4.79 Å². The van der Waals surface area contributed by atoms with Crippen LogP contribution in [0, 0.1) is 11.7 Å². The number of halogens is 1. The summed E-state index contributed by atoms with van der Waals surface area (Å²) >= 11 is 0. The van der Waals surface area contributed by atoms with Crippen LogP contribution in [0.4, 0.5) is 4.39 Å². The number of carbonyl (C=O) groups excluding carboxylic acids is 2. The first-order valence-corrected chi connectivity index (χ1v) is 8.16. The minimum absolute atomic E-state index is 0.0225. The average molecular weight is 343 g/mol. The molecule has 0 aliphatic heterocycles. The number of benzene rings is 2. The molecule has 5 heteroatoms. The highest BCUT2D eigenvalue weighted by molar-refractivity contribution is 6.11. The monoisotopic (exact) mass is 343 g/mol. The lowest BCUT2D eigenvalue weighted by atomic mass is 9.81. The summed E-state index contributed by atoms with van der Waals surface area (Å²) in [5, 5.41) is 0. The van der Waals surface area contributed by atoms with Crippen LogP contribution in [0.1, 0.15) is 47.7 Å². The summed E-state index contributed by atoms with van der Waals surface area (Å²) in [5.41, 5.74) is 6.86. The summed E-state index contributed by atoms with van der Waals surface area (Å²) in [6, 6.07) is 10.3. The molecule has 0 heterocycles. The average Bonchev–Trinajstić information content (AvgIpc) is 2.61. The second-order valence-corrected chi connectivity index (χ2v) is 6.05. The summed E-state index contributed by atoms with van der Waals surface area (Å²) in [6.45, 7) is 3.89. The Morgan fingerprint density at radius 1 is 1.16 bits per heavy atom. The van der Waals surface area contributed by atoms with Crippen molar-refractivity contribution in [1.29, 1.82) is 0 Å². The van der Waals surface area contributed by atoms with E-state index in [1.54, 1.807) is 18.2 Å². The maximum atomic E-state index is 13.1. The third-order valence-corrected chi connectivity index (χ3v) is 4.47. The highest BCUT2D eigenvalue weighted by atomic mass is 19.1. The molecule has 2 unspecified atom stereocenters. The van der Waals surface area contributed by atoms with E-state index in [4.69, 9.17) is 10.5 Å². The molecule has 2 aromatic carbocycles. The second-order valence-electron chi connectivity index (χ2n) is 6.05. The molecule has 2 aromatic rings. The zero-order chi connectivity index (χ0) is 18.6. The number of amides is 1. The summed E-state index contributed by atoms with van der Waals surface area (Å²) in [4.78, 5) is 25.0. The first kappa shape index (κ1) is 18.6. The molecular formula is C20H22FNO3. The van der Waals surface area contributed by atoms with Crippen molar-refractivity contribution in [2.75, 3.05) is 7.11 Å². The summed E-state index contributed by atoms with van der Waals surface area (Å²) in [7, 11) is 1.50. The number of methoxy groups -OCH3 is 1. The van der Waals surface area contributed by atoms with Gasteiger partial charge in [-0.2, -0.15) is 0 Å². The Hall–Kier alpha value is -2.69. The quantitative estimate of drug-likeness (QED) is 0.780. The fraction of sp³-hybridized carbons (Fsp3) is 0.300. The largest absolute Gasteiger partial charge is 0.497 e. The normalized spacial score (nSPS) is 13.1. The van der Waals surface area contributed by atoms with E-state index in [9.17, 15) is 14.0 Å². The number of hydrogen-bond donors (Lipinski definition) is 1. The smallest absolute Gasteiger partial charge is 0.225 e. The van der Waals surface area contributed by atoms with Crippen LogP contribution < -0.4 is 10.5 Å². The molecule has 2 rings (SSSR count). The molecule has 0 radical (unpaired) electrons. The lowest BCUT2D eigenvalue weighted by Gasteiger charge is -2.23. The van der Waals surface area contributed by atoms with Gasteiger partial charge in [0.2, 0.25) is 5.91 Å². The highest BCUT2D eigenvalue weighted by Crippen LogP contribution is 2.32. The second kappa shape index (κ2) is 7.92. The Balaban J connectivity index is 2.59. The molecule has 0 aromatic heterocycles. The van der Waals surface area contributed by atoms with E-state index in [0.29, 0.717) is 22.4 Å². The molecule has 0 saturated carbocycles. The van der Waals surface area contributed by atoms with Gasteiger partial charge >= 0.3 is 0 Å². The number of ketones is 1. The predicted octanol–water partition coefficient (Wildman–Crippen LogP) is 3.68. The molecular weight excluding hydrogens is 321 g/mol. The maximum Gasteiger partial charge on any atom is 0.225 e. The molecule has 0 saturated heterocycles. The van der Waals surface area contributed by atoms with Crippen molar-refractivity contribution >= 4 is 11.7 Å². The van der Waals surface area contributed by atoms with E-state index >= 15 is 0 Å². The Morgan fingerprint density at radius 3 is 2.32 bits per heavy atom. The van der Waals surface area contributed by atoms with E-state index in [1.165, 1.54) is 31.4 Å². The van der Waals surface area contributed by atoms with Gasteiger partial charge in [0.25, 0.3) is 0 Å². The van der Waals surface area contributed by atoms with Gasteiger partial charge in [0.15, 0.2) is 5.78 Å². The van der Waals surface area contributed by atoms with Crippen molar-refractivity contribution in [2.45, 2.75) is 26.2 Å². The topological polar surface area (TPSA) is 69.4 Å². The minimum Gasteiger partial charge on any atom is -0.497 e. The van der Waals surface area contributed by atoms with E-state index in [0.717, 1.165) is 6.42 Å². The molecule has 132 valence electrons. The summed E-state index contributed by atoms with van der Waals surface area (Å²) in [6.07, 6.45) is 0.740. The van der Waals surface area contributed by atoms with Crippen molar-refractivity contribution < 1.29 is 18.7 Å². The van der Waals surface area contributed by atoms with Crippen LogP contribution >= 0.6 is 0 Å². The van der Waals surface area contributed by atoms with Crippen LogP contribution in [0.25, 0.3) is 0 Å². The number of primary amides is 1. The van der Waals surface area contributed by atoms with E-state index in [2.05, 4.69) is 0 Å². The van der Waals surface area contributed by atoms with Gasteiger partial charge in [-0.25, -0.2) is 4.39 Å². The van der Waals surface area contributed by atoms with Crippen LogP contribution in [-0.4, -0.2) is 18.8 Å². The Morgan fingerprint density at radius 2 is 1.80 bits per heavy atom. The van der Waals surface area contributed by atoms with E-state index in [1.807, 2.05) is 13.8 Å². The molecule has 0 aliphatic carbocycles. The van der Waals surface area contributed by atoms with Crippen molar-refractivity contribution in [3.8, 4) is 5.75 Å². The van der Waals surface area contributed by atoms with Crippen molar-refractivity contribution in [1.82, 2.24) is 0 Å². The first-order valence-electron chi connectivity index (χ1n) is 8.16. The zero-order valence-electron chi connectivity index (χ0n) is 14.6. The molecule has 4 nitrogen and oxygen atoms in total. The number of carbonyl (C=O) groups is 2. The third-order valence-electron chi connectivity index (χ3n) is 4.47. The Kier molecular flexibility index (Phi) is 5.91. The SMILES string of the molecule is CCC(C)C(C(N)=O)c1ccc(OC)cc1C(=O)c1ccc(F)cc1. The lowest BCUT2D eigenvalue weighted by molar-refractivity contribution is -0.120. The van der Waals surface area contributed by atoms with E-state index < -0.39 is 17.6 Å². The fourth-order valence-electron chi connectivity index (χ4n) is 2.86. The number of nitrogens with two attached hydrogens (primary N) is 1. The van der Waals surface area contributed by atoms with Gasteiger partial charge in [0.1, 0.15) is 11.6 Å². The Bertz CT molecular complexity index is 771. The molecule has 2 atom stereocenters. The highest BCUT2D eigenvalue weighted by Gasteiger charge is 2.28. The van der Waals surface area contributed by atoms with Crippen molar-refractivity contribution in [2.24, 2.45) is 11.7 Å². The lowest BCUT2D eigenvalue weighted by Crippen LogP contribution is -2.28. The standard InChI is InChI=1S/C20H22FNO3/c1-4-12(2)18(20(22)24)16-10-9-15(25-3)11-17(16)19(23)13-5-7-14(21)8-6-13/h5-12,18H,4H2,1-3H3,(H2,22,24). The van der Waals surface area contributed by atoms with Crippen molar-refractivity contribution in [3.05, 3.63) is 65.0 Å². The number of hydrogen-bond acceptors (Lipinski definition) is 3.